The smallest absolute Gasteiger partial charge is 0.326 e. The summed E-state index contributed by atoms with van der Waals surface area (Å²) in [6.07, 6.45) is 0.0944. The number of nitrogens with two attached hydrogens (primary N) is 1. The maximum Gasteiger partial charge on any atom is 0.326 e. The molecular weight excluding hydrogens is 236 g/mol. The molecule has 1 unspecified atom stereocenters. The number of aliphatic carboxylic acids is 1. The molecule has 1 aromatic rings. The Bertz CT molecular complexity index is 507. The van der Waals surface area contributed by atoms with Gasteiger partial charge in [0.15, 0.2) is 5.43 Å². The lowest BCUT2D eigenvalue weighted by atomic mass is 10.1. The number of carbonyl (C=O) groups is 2. The van der Waals surface area contributed by atoms with E-state index in [0.29, 0.717) is 11.4 Å². The molecule has 6 heteroatoms. The number of pyridine rings is 1. The second kappa shape index (κ2) is 5.48. The zero-order valence-corrected chi connectivity index (χ0v) is 10.3. The van der Waals surface area contributed by atoms with E-state index in [9.17, 15) is 19.5 Å². The first-order valence-corrected chi connectivity index (χ1v) is 5.54. The molecule has 0 saturated heterocycles. The molecule has 0 aliphatic carbocycles. The van der Waals surface area contributed by atoms with Crippen LogP contribution in [0.1, 0.15) is 30.3 Å². The molecule has 0 fully saturated rings. The Morgan fingerprint density at radius 3 is 2.22 bits per heavy atom. The van der Waals surface area contributed by atoms with Crippen molar-refractivity contribution in [1.29, 1.82) is 0 Å². The van der Waals surface area contributed by atoms with Gasteiger partial charge in [-0.15, -0.1) is 0 Å². The maximum atomic E-state index is 11.3. The summed E-state index contributed by atoms with van der Waals surface area (Å²) in [5.41, 5.74) is 5.97. The molecule has 1 amide bonds. The first-order valence-electron chi connectivity index (χ1n) is 5.54. The Kier molecular flexibility index (Phi) is 4.25. The van der Waals surface area contributed by atoms with Crippen molar-refractivity contribution in [2.45, 2.75) is 32.7 Å². The van der Waals surface area contributed by atoms with Gasteiger partial charge < -0.3 is 15.4 Å². The summed E-state index contributed by atoms with van der Waals surface area (Å²) in [4.78, 5) is 33.3. The summed E-state index contributed by atoms with van der Waals surface area (Å²) in [6, 6.07) is 1.85. The van der Waals surface area contributed by atoms with E-state index in [2.05, 4.69) is 0 Å². The number of primary amides is 1. The highest BCUT2D eigenvalue weighted by molar-refractivity contribution is 5.76. The van der Waals surface area contributed by atoms with Gasteiger partial charge in [-0.05, 0) is 20.3 Å². The molecule has 0 radical (unpaired) electrons. The summed E-state index contributed by atoms with van der Waals surface area (Å²) in [5, 5.41) is 9.21. The second-order valence-corrected chi connectivity index (χ2v) is 4.20. The molecule has 0 bridgehead atoms. The van der Waals surface area contributed by atoms with Gasteiger partial charge in [0.05, 0.1) is 0 Å². The van der Waals surface area contributed by atoms with Crippen molar-refractivity contribution in [1.82, 2.24) is 4.57 Å². The number of nitrogens with zero attached hydrogens (tertiary/aromatic N) is 1. The zero-order chi connectivity index (χ0) is 13.9. The standard InChI is InChI=1S/C12H16N2O4/c1-7-5-9(15)6-8(2)14(7)10(12(17)18)3-4-11(13)16/h5-6,10H,3-4H2,1-2H3,(H2,13,16)(H,17,18). The lowest BCUT2D eigenvalue weighted by Crippen LogP contribution is -2.26. The largest absolute Gasteiger partial charge is 0.480 e. The van der Waals surface area contributed by atoms with Crippen LogP contribution < -0.4 is 11.2 Å². The topological polar surface area (TPSA) is 102 Å². The van der Waals surface area contributed by atoms with Gasteiger partial charge in [0.2, 0.25) is 5.91 Å². The average Bonchev–Trinajstić information content (AvgIpc) is 2.20. The number of aryl methyl sites for hydroxylation is 2. The number of hydrogen-bond acceptors (Lipinski definition) is 3. The van der Waals surface area contributed by atoms with Crippen LogP contribution in [0, 0.1) is 13.8 Å². The molecular formula is C12H16N2O4. The molecule has 18 heavy (non-hydrogen) atoms. The summed E-state index contributed by atoms with van der Waals surface area (Å²) in [6.45, 7) is 3.32. The van der Waals surface area contributed by atoms with E-state index in [0.717, 1.165) is 0 Å². The van der Waals surface area contributed by atoms with Crippen LogP contribution in [0.3, 0.4) is 0 Å². The van der Waals surface area contributed by atoms with Crippen molar-refractivity contribution in [3.05, 3.63) is 33.7 Å². The van der Waals surface area contributed by atoms with Crippen LogP contribution in [0.25, 0.3) is 0 Å². The number of carboxylic acids is 1. The van der Waals surface area contributed by atoms with E-state index in [4.69, 9.17) is 5.73 Å². The molecule has 1 atom stereocenters. The molecule has 0 aliphatic heterocycles. The lowest BCUT2D eigenvalue weighted by Gasteiger charge is -2.21. The van der Waals surface area contributed by atoms with E-state index in [-0.39, 0.29) is 18.3 Å². The molecule has 0 spiro atoms. The van der Waals surface area contributed by atoms with Crippen LogP contribution in [0.15, 0.2) is 16.9 Å². The highest BCUT2D eigenvalue weighted by Crippen LogP contribution is 2.18. The summed E-state index contributed by atoms with van der Waals surface area (Å²) >= 11 is 0. The number of amides is 1. The third-order valence-electron chi connectivity index (χ3n) is 2.72. The van der Waals surface area contributed by atoms with E-state index in [1.54, 1.807) is 13.8 Å². The molecule has 6 nitrogen and oxygen atoms in total. The number of carbonyl (C=O) groups excluding carboxylic acids is 1. The molecule has 0 aromatic carbocycles. The molecule has 1 aromatic heterocycles. The van der Waals surface area contributed by atoms with Crippen molar-refractivity contribution in [2.75, 3.05) is 0 Å². The second-order valence-electron chi connectivity index (χ2n) is 4.20. The summed E-state index contributed by atoms with van der Waals surface area (Å²) < 4.78 is 1.53. The molecule has 1 rings (SSSR count). The average molecular weight is 252 g/mol. The first-order chi connectivity index (χ1) is 8.32. The fourth-order valence-electron chi connectivity index (χ4n) is 2.00. The molecule has 3 N–H and O–H groups in total. The van der Waals surface area contributed by atoms with Crippen molar-refractivity contribution in [2.24, 2.45) is 5.73 Å². The van der Waals surface area contributed by atoms with Gasteiger partial charge in [-0.3, -0.25) is 9.59 Å². The Hall–Kier alpha value is -2.11. The van der Waals surface area contributed by atoms with Gasteiger partial charge in [0, 0.05) is 29.9 Å². The highest BCUT2D eigenvalue weighted by Gasteiger charge is 2.22. The van der Waals surface area contributed by atoms with E-state index >= 15 is 0 Å². The fraction of sp³-hybridized carbons (Fsp3) is 0.417. The number of hydrogen-bond donors (Lipinski definition) is 2. The van der Waals surface area contributed by atoms with E-state index < -0.39 is 17.9 Å². The first kappa shape index (κ1) is 14.0. The van der Waals surface area contributed by atoms with Gasteiger partial charge >= 0.3 is 5.97 Å². The summed E-state index contributed by atoms with van der Waals surface area (Å²) in [7, 11) is 0. The Morgan fingerprint density at radius 1 is 1.33 bits per heavy atom. The van der Waals surface area contributed by atoms with Gasteiger partial charge in [0.25, 0.3) is 0 Å². The lowest BCUT2D eigenvalue weighted by molar-refractivity contribution is -0.141. The number of carboxylic acid groups (broad SMARTS) is 1. The zero-order valence-electron chi connectivity index (χ0n) is 10.3. The quantitative estimate of drug-likeness (QED) is 0.789. The number of rotatable bonds is 5. The van der Waals surface area contributed by atoms with Gasteiger partial charge in [-0.2, -0.15) is 0 Å². The minimum absolute atomic E-state index is 0.0119. The van der Waals surface area contributed by atoms with Crippen molar-refractivity contribution >= 4 is 11.9 Å². The minimum Gasteiger partial charge on any atom is -0.480 e. The van der Waals surface area contributed by atoms with Gasteiger partial charge in [-0.25, -0.2) is 4.79 Å². The van der Waals surface area contributed by atoms with Crippen molar-refractivity contribution < 1.29 is 14.7 Å². The molecule has 98 valence electrons. The minimum atomic E-state index is -1.05. The molecule has 0 saturated carbocycles. The SMILES string of the molecule is Cc1cc(=O)cc(C)n1C(CCC(N)=O)C(=O)O. The van der Waals surface area contributed by atoms with Crippen LogP contribution in [0.2, 0.25) is 0 Å². The fourth-order valence-corrected chi connectivity index (χ4v) is 2.00. The predicted molar refractivity (Wildman–Crippen MR) is 65.3 cm³/mol. The third-order valence-corrected chi connectivity index (χ3v) is 2.72. The van der Waals surface area contributed by atoms with Crippen LogP contribution in [0.5, 0.6) is 0 Å². The van der Waals surface area contributed by atoms with Gasteiger partial charge in [-0.1, -0.05) is 0 Å². The summed E-state index contributed by atoms with van der Waals surface area (Å²) in [5.74, 6) is -1.59. The third kappa shape index (κ3) is 3.19. The molecule has 1 heterocycles. The van der Waals surface area contributed by atoms with Crippen molar-refractivity contribution in [3.63, 3.8) is 0 Å². The van der Waals surface area contributed by atoms with Crippen LogP contribution in [-0.4, -0.2) is 21.6 Å². The Morgan fingerprint density at radius 2 is 1.83 bits per heavy atom. The monoisotopic (exact) mass is 252 g/mol. The van der Waals surface area contributed by atoms with E-state index in [1.165, 1.54) is 16.7 Å². The number of aromatic nitrogens is 1. The van der Waals surface area contributed by atoms with Crippen LogP contribution in [-0.2, 0) is 9.59 Å². The van der Waals surface area contributed by atoms with Crippen LogP contribution >= 0.6 is 0 Å². The predicted octanol–water partition coefficient (Wildman–Crippen LogP) is 0.356. The normalized spacial score (nSPS) is 12.1. The van der Waals surface area contributed by atoms with Crippen LogP contribution in [0.4, 0.5) is 0 Å². The Balaban J connectivity index is 3.17. The highest BCUT2D eigenvalue weighted by atomic mass is 16.4. The maximum absolute atomic E-state index is 11.3. The van der Waals surface area contributed by atoms with E-state index in [1.807, 2.05) is 0 Å². The van der Waals surface area contributed by atoms with Crippen molar-refractivity contribution in [3.8, 4) is 0 Å². The van der Waals surface area contributed by atoms with Gasteiger partial charge in [0.1, 0.15) is 6.04 Å². The molecule has 0 aliphatic rings. The Labute approximate surface area is 104 Å².